The van der Waals surface area contributed by atoms with Gasteiger partial charge in [0.15, 0.2) is 0 Å². The third-order valence-corrected chi connectivity index (χ3v) is 2.65. The SMILES string of the molecule is CCCCCC=CC1C=CCCC1. The highest BCUT2D eigenvalue weighted by molar-refractivity contribution is 5.03. The first-order chi connectivity index (χ1) is 6.43. The van der Waals surface area contributed by atoms with E-state index in [1.54, 1.807) is 0 Å². The molecule has 0 saturated carbocycles. The Bertz CT molecular complexity index is 165. The summed E-state index contributed by atoms with van der Waals surface area (Å²) in [6.07, 6.45) is 18.8. The lowest BCUT2D eigenvalue weighted by Crippen LogP contribution is -1.95. The molecule has 1 unspecified atom stereocenters. The number of allylic oxidation sites excluding steroid dienone is 4. The summed E-state index contributed by atoms with van der Waals surface area (Å²) in [5.41, 5.74) is 0. The van der Waals surface area contributed by atoms with Crippen LogP contribution in [0.2, 0.25) is 0 Å². The highest BCUT2D eigenvalue weighted by Gasteiger charge is 2.02. The number of unbranched alkanes of at least 4 members (excludes halogenated alkanes) is 3. The normalized spacial score (nSPS) is 22.7. The van der Waals surface area contributed by atoms with Crippen LogP contribution in [0.4, 0.5) is 0 Å². The van der Waals surface area contributed by atoms with Crippen LogP contribution < -0.4 is 0 Å². The first-order valence-electron chi connectivity index (χ1n) is 5.77. The van der Waals surface area contributed by atoms with Crippen molar-refractivity contribution in [2.45, 2.75) is 51.9 Å². The Morgan fingerprint density at radius 3 is 3.00 bits per heavy atom. The van der Waals surface area contributed by atoms with E-state index in [0.717, 1.165) is 5.92 Å². The van der Waals surface area contributed by atoms with Crippen LogP contribution in [-0.4, -0.2) is 0 Å². The molecule has 0 fully saturated rings. The standard InChI is InChI=1S/C13H22/c1-2-3-4-5-7-10-13-11-8-6-9-12-13/h7-8,10-11,13H,2-6,9,12H2,1H3. The summed E-state index contributed by atoms with van der Waals surface area (Å²) in [4.78, 5) is 0. The maximum absolute atomic E-state index is 2.39. The van der Waals surface area contributed by atoms with Crippen LogP contribution in [0.1, 0.15) is 51.9 Å². The molecule has 0 amide bonds. The van der Waals surface area contributed by atoms with Gasteiger partial charge in [-0.25, -0.2) is 0 Å². The van der Waals surface area contributed by atoms with Crippen molar-refractivity contribution in [1.82, 2.24) is 0 Å². The largest absolute Gasteiger partial charge is 0.0879 e. The highest BCUT2D eigenvalue weighted by Crippen LogP contribution is 2.18. The molecule has 0 spiro atoms. The van der Waals surface area contributed by atoms with Gasteiger partial charge in [0, 0.05) is 0 Å². The molecule has 0 radical (unpaired) electrons. The van der Waals surface area contributed by atoms with Crippen molar-refractivity contribution in [2.75, 3.05) is 0 Å². The lowest BCUT2D eigenvalue weighted by atomic mass is 9.95. The van der Waals surface area contributed by atoms with E-state index in [4.69, 9.17) is 0 Å². The minimum absolute atomic E-state index is 0.746. The van der Waals surface area contributed by atoms with Crippen LogP contribution in [0.25, 0.3) is 0 Å². The molecule has 13 heavy (non-hydrogen) atoms. The predicted octanol–water partition coefficient (Wildman–Crippen LogP) is 4.48. The van der Waals surface area contributed by atoms with Crippen molar-refractivity contribution >= 4 is 0 Å². The summed E-state index contributed by atoms with van der Waals surface area (Å²) in [6, 6.07) is 0. The van der Waals surface area contributed by atoms with Gasteiger partial charge in [0.1, 0.15) is 0 Å². The van der Waals surface area contributed by atoms with Crippen molar-refractivity contribution < 1.29 is 0 Å². The zero-order valence-electron chi connectivity index (χ0n) is 8.84. The Balaban J connectivity index is 2.08. The van der Waals surface area contributed by atoms with Crippen LogP contribution in [0.3, 0.4) is 0 Å². The van der Waals surface area contributed by atoms with E-state index < -0.39 is 0 Å². The summed E-state index contributed by atoms with van der Waals surface area (Å²) in [5, 5.41) is 0. The van der Waals surface area contributed by atoms with Crippen molar-refractivity contribution in [3.63, 3.8) is 0 Å². The van der Waals surface area contributed by atoms with E-state index >= 15 is 0 Å². The molecule has 0 aliphatic heterocycles. The molecule has 0 N–H and O–H groups in total. The summed E-state index contributed by atoms with van der Waals surface area (Å²) >= 11 is 0. The smallest absolute Gasteiger partial charge is 0.00534 e. The zero-order chi connectivity index (χ0) is 9.36. The Morgan fingerprint density at radius 1 is 1.38 bits per heavy atom. The second-order valence-electron chi connectivity index (χ2n) is 3.95. The first-order valence-corrected chi connectivity index (χ1v) is 5.77. The third kappa shape index (κ3) is 4.92. The van der Waals surface area contributed by atoms with Gasteiger partial charge >= 0.3 is 0 Å². The fourth-order valence-electron chi connectivity index (χ4n) is 1.78. The van der Waals surface area contributed by atoms with Gasteiger partial charge in [-0.1, -0.05) is 44.1 Å². The fraction of sp³-hybridized carbons (Fsp3) is 0.692. The molecule has 1 aliphatic carbocycles. The first kappa shape index (κ1) is 10.6. The monoisotopic (exact) mass is 178 g/mol. The van der Waals surface area contributed by atoms with Gasteiger partial charge in [-0.15, -0.1) is 0 Å². The molecule has 0 heterocycles. The van der Waals surface area contributed by atoms with Gasteiger partial charge in [0.05, 0.1) is 0 Å². The average Bonchev–Trinajstić information content (AvgIpc) is 2.19. The maximum Gasteiger partial charge on any atom is -0.00534 e. The lowest BCUT2D eigenvalue weighted by Gasteiger charge is -2.11. The Labute approximate surface area is 82.7 Å². The third-order valence-electron chi connectivity index (χ3n) is 2.65. The fourth-order valence-corrected chi connectivity index (χ4v) is 1.78. The van der Waals surface area contributed by atoms with Gasteiger partial charge in [0.2, 0.25) is 0 Å². The lowest BCUT2D eigenvalue weighted by molar-refractivity contribution is 0.627. The summed E-state index contributed by atoms with van der Waals surface area (Å²) < 4.78 is 0. The van der Waals surface area contributed by atoms with Crippen LogP contribution in [0.5, 0.6) is 0 Å². The van der Waals surface area contributed by atoms with Crippen molar-refractivity contribution in [3.8, 4) is 0 Å². The molecule has 0 nitrogen and oxygen atoms in total. The molecule has 0 aromatic carbocycles. The number of rotatable bonds is 5. The van der Waals surface area contributed by atoms with Crippen LogP contribution in [-0.2, 0) is 0 Å². The molecule has 74 valence electrons. The second kappa shape index (κ2) is 6.94. The van der Waals surface area contributed by atoms with E-state index in [1.165, 1.54) is 44.9 Å². The minimum Gasteiger partial charge on any atom is -0.0879 e. The minimum atomic E-state index is 0.746. The highest BCUT2D eigenvalue weighted by atomic mass is 14.1. The van der Waals surface area contributed by atoms with E-state index in [-0.39, 0.29) is 0 Å². The predicted molar refractivity (Wildman–Crippen MR) is 59.8 cm³/mol. The molecule has 1 atom stereocenters. The van der Waals surface area contributed by atoms with Gasteiger partial charge in [-0.3, -0.25) is 0 Å². The number of hydrogen-bond acceptors (Lipinski definition) is 0. The van der Waals surface area contributed by atoms with Crippen LogP contribution >= 0.6 is 0 Å². The molecular weight excluding hydrogens is 156 g/mol. The quantitative estimate of drug-likeness (QED) is 0.430. The maximum atomic E-state index is 2.39. The van der Waals surface area contributed by atoms with Crippen LogP contribution in [0, 0.1) is 5.92 Å². The number of hydrogen-bond donors (Lipinski definition) is 0. The molecule has 1 aliphatic rings. The van der Waals surface area contributed by atoms with E-state index in [0.29, 0.717) is 0 Å². The van der Waals surface area contributed by atoms with E-state index in [1.807, 2.05) is 0 Å². The molecule has 0 heteroatoms. The van der Waals surface area contributed by atoms with E-state index in [2.05, 4.69) is 31.2 Å². The summed E-state index contributed by atoms with van der Waals surface area (Å²) in [7, 11) is 0. The summed E-state index contributed by atoms with van der Waals surface area (Å²) in [6.45, 7) is 2.26. The van der Waals surface area contributed by atoms with Crippen molar-refractivity contribution in [1.29, 1.82) is 0 Å². The van der Waals surface area contributed by atoms with Gasteiger partial charge in [-0.2, -0.15) is 0 Å². The molecular formula is C13H22. The van der Waals surface area contributed by atoms with Gasteiger partial charge in [0.25, 0.3) is 0 Å². The summed E-state index contributed by atoms with van der Waals surface area (Å²) in [5.74, 6) is 0.746. The molecule has 1 rings (SSSR count). The van der Waals surface area contributed by atoms with Crippen LogP contribution in [0.15, 0.2) is 24.3 Å². The average molecular weight is 178 g/mol. The second-order valence-corrected chi connectivity index (χ2v) is 3.95. The van der Waals surface area contributed by atoms with Crippen molar-refractivity contribution in [2.24, 2.45) is 5.92 Å². The molecule has 0 aromatic heterocycles. The Hall–Kier alpha value is -0.520. The molecule has 0 aromatic rings. The van der Waals surface area contributed by atoms with Gasteiger partial charge in [-0.05, 0) is 38.0 Å². The molecule has 0 saturated heterocycles. The molecule has 0 bridgehead atoms. The zero-order valence-corrected chi connectivity index (χ0v) is 8.84. The van der Waals surface area contributed by atoms with Gasteiger partial charge < -0.3 is 0 Å². The Kier molecular flexibility index (Phi) is 5.64. The topological polar surface area (TPSA) is 0 Å². The van der Waals surface area contributed by atoms with E-state index in [9.17, 15) is 0 Å². The Morgan fingerprint density at radius 2 is 2.31 bits per heavy atom. The van der Waals surface area contributed by atoms with Crippen molar-refractivity contribution in [3.05, 3.63) is 24.3 Å².